The van der Waals surface area contributed by atoms with Crippen LogP contribution in [0.3, 0.4) is 0 Å². The van der Waals surface area contributed by atoms with Crippen LogP contribution in [0.2, 0.25) is 0 Å². The first-order valence-electron chi connectivity index (χ1n) is 9.13. The predicted molar refractivity (Wildman–Crippen MR) is 104 cm³/mol. The Labute approximate surface area is 158 Å². The number of nitrogens with one attached hydrogen (secondary N) is 1. The molecule has 3 aromatic rings. The summed E-state index contributed by atoms with van der Waals surface area (Å²) in [6.45, 7) is 3.34. The van der Waals surface area contributed by atoms with Crippen LogP contribution in [0.1, 0.15) is 17.2 Å². The van der Waals surface area contributed by atoms with Gasteiger partial charge >= 0.3 is 0 Å². The average Bonchev–Trinajstić information content (AvgIpc) is 2.70. The highest BCUT2D eigenvalue weighted by atomic mass is 19.1. The lowest BCUT2D eigenvalue weighted by atomic mass is 10.1. The van der Waals surface area contributed by atoms with Crippen molar-refractivity contribution in [2.75, 3.05) is 25.0 Å². The number of morpholine rings is 1. The largest absolute Gasteiger partial charge is 0.371 e. The van der Waals surface area contributed by atoms with Crippen molar-refractivity contribution in [3.05, 3.63) is 89.9 Å². The van der Waals surface area contributed by atoms with Gasteiger partial charge in [0.1, 0.15) is 11.6 Å². The number of ether oxygens (including phenoxy) is 1. The van der Waals surface area contributed by atoms with Crippen LogP contribution in [0.5, 0.6) is 0 Å². The molecule has 5 heteroatoms. The highest BCUT2D eigenvalue weighted by Crippen LogP contribution is 2.23. The van der Waals surface area contributed by atoms with E-state index in [4.69, 9.17) is 4.74 Å². The fourth-order valence-corrected chi connectivity index (χ4v) is 3.28. The fraction of sp³-hybridized carbons (Fsp3) is 0.227. The molecule has 1 atom stereocenters. The van der Waals surface area contributed by atoms with E-state index in [-0.39, 0.29) is 11.9 Å². The summed E-state index contributed by atoms with van der Waals surface area (Å²) in [6.07, 6.45) is 1.98. The Hall–Kier alpha value is -2.76. The SMILES string of the molecule is Fc1cccc(Nc2ccc(CN3CCO[C@@H](c4ccccc4)C3)cn2)c1. The Morgan fingerprint density at radius 1 is 1.07 bits per heavy atom. The Morgan fingerprint density at radius 3 is 2.74 bits per heavy atom. The van der Waals surface area contributed by atoms with Crippen LogP contribution in [0, 0.1) is 5.82 Å². The summed E-state index contributed by atoms with van der Waals surface area (Å²) < 4.78 is 19.2. The molecule has 2 aromatic carbocycles. The molecule has 27 heavy (non-hydrogen) atoms. The van der Waals surface area contributed by atoms with Crippen molar-refractivity contribution in [3.63, 3.8) is 0 Å². The molecule has 1 N–H and O–H groups in total. The van der Waals surface area contributed by atoms with E-state index in [0.29, 0.717) is 11.5 Å². The number of rotatable bonds is 5. The van der Waals surface area contributed by atoms with Crippen LogP contribution in [0.15, 0.2) is 72.9 Å². The number of hydrogen-bond donors (Lipinski definition) is 1. The van der Waals surface area contributed by atoms with Crippen molar-refractivity contribution in [1.29, 1.82) is 0 Å². The normalized spacial score (nSPS) is 17.6. The van der Waals surface area contributed by atoms with Gasteiger partial charge in [-0.2, -0.15) is 0 Å². The van der Waals surface area contributed by atoms with Crippen molar-refractivity contribution >= 4 is 11.5 Å². The van der Waals surface area contributed by atoms with Crippen LogP contribution in [0.25, 0.3) is 0 Å². The summed E-state index contributed by atoms with van der Waals surface area (Å²) in [5, 5.41) is 3.12. The number of nitrogens with zero attached hydrogens (tertiary/aromatic N) is 2. The number of aromatic nitrogens is 1. The highest BCUT2D eigenvalue weighted by Gasteiger charge is 2.21. The monoisotopic (exact) mass is 363 g/mol. The number of anilines is 2. The van der Waals surface area contributed by atoms with Crippen molar-refractivity contribution < 1.29 is 9.13 Å². The zero-order valence-corrected chi connectivity index (χ0v) is 15.0. The number of pyridine rings is 1. The lowest BCUT2D eigenvalue weighted by molar-refractivity contribution is -0.0329. The van der Waals surface area contributed by atoms with Gasteiger partial charge in [0, 0.05) is 31.5 Å². The first kappa shape index (κ1) is 17.6. The topological polar surface area (TPSA) is 37.4 Å². The summed E-state index contributed by atoms with van der Waals surface area (Å²) in [5.74, 6) is 0.436. The minimum Gasteiger partial charge on any atom is -0.371 e. The Kier molecular flexibility index (Phi) is 5.42. The maximum atomic E-state index is 13.3. The lowest BCUT2D eigenvalue weighted by Gasteiger charge is -2.33. The molecule has 1 saturated heterocycles. The van der Waals surface area contributed by atoms with Gasteiger partial charge in [-0.25, -0.2) is 9.37 Å². The molecule has 2 heterocycles. The van der Waals surface area contributed by atoms with Gasteiger partial charge in [-0.05, 0) is 35.4 Å². The fourth-order valence-electron chi connectivity index (χ4n) is 3.28. The quantitative estimate of drug-likeness (QED) is 0.722. The summed E-state index contributed by atoms with van der Waals surface area (Å²) in [4.78, 5) is 6.84. The summed E-state index contributed by atoms with van der Waals surface area (Å²) in [5.41, 5.74) is 3.05. The van der Waals surface area contributed by atoms with Crippen molar-refractivity contribution in [2.24, 2.45) is 0 Å². The van der Waals surface area contributed by atoms with Crippen LogP contribution in [-0.4, -0.2) is 29.6 Å². The van der Waals surface area contributed by atoms with E-state index in [1.165, 1.54) is 17.7 Å². The van der Waals surface area contributed by atoms with E-state index in [1.54, 1.807) is 6.07 Å². The maximum Gasteiger partial charge on any atom is 0.130 e. The average molecular weight is 363 g/mol. The van der Waals surface area contributed by atoms with E-state index in [2.05, 4.69) is 33.4 Å². The van der Waals surface area contributed by atoms with Gasteiger partial charge in [-0.3, -0.25) is 4.90 Å². The molecule has 4 rings (SSSR count). The predicted octanol–water partition coefficient (Wildman–Crippen LogP) is 4.54. The Balaban J connectivity index is 1.36. The highest BCUT2D eigenvalue weighted by molar-refractivity contribution is 5.55. The standard InChI is InChI=1S/C22H22FN3O/c23-19-7-4-8-20(13-19)25-22-10-9-17(14-24-22)15-26-11-12-27-21(16-26)18-5-2-1-3-6-18/h1-10,13-14,21H,11-12,15-16H2,(H,24,25)/t21-/m1/s1. The molecule has 0 amide bonds. The van der Waals surface area contributed by atoms with Gasteiger partial charge < -0.3 is 10.1 Å². The summed E-state index contributed by atoms with van der Waals surface area (Å²) in [6, 6.07) is 20.7. The molecule has 0 radical (unpaired) electrons. The minimum atomic E-state index is -0.267. The molecule has 0 spiro atoms. The Bertz CT molecular complexity index is 870. The smallest absolute Gasteiger partial charge is 0.130 e. The molecule has 1 aromatic heterocycles. The number of halogens is 1. The molecule has 0 unspecified atom stereocenters. The van der Waals surface area contributed by atoms with E-state index in [1.807, 2.05) is 36.5 Å². The minimum absolute atomic E-state index is 0.113. The third-order valence-corrected chi connectivity index (χ3v) is 4.65. The first-order valence-corrected chi connectivity index (χ1v) is 9.13. The second kappa shape index (κ2) is 8.29. The zero-order valence-electron chi connectivity index (χ0n) is 15.0. The molecule has 4 nitrogen and oxygen atoms in total. The molecule has 1 fully saturated rings. The molecule has 0 bridgehead atoms. The third kappa shape index (κ3) is 4.70. The number of benzene rings is 2. The van der Waals surface area contributed by atoms with Crippen molar-refractivity contribution in [2.45, 2.75) is 12.6 Å². The molecular formula is C22H22FN3O. The summed E-state index contributed by atoms with van der Waals surface area (Å²) in [7, 11) is 0. The van der Waals surface area contributed by atoms with Gasteiger partial charge in [0.05, 0.1) is 12.7 Å². The lowest BCUT2D eigenvalue weighted by Crippen LogP contribution is -2.37. The molecule has 0 aliphatic carbocycles. The number of hydrogen-bond acceptors (Lipinski definition) is 4. The van der Waals surface area contributed by atoms with E-state index >= 15 is 0 Å². The van der Waals surface area contributed by atoms with Crippen molar-refractivity contribution in [1.82, 2.24) is 9.88 Å². The maximum absolute atomic E-state index is 13.3. The molecular weight excluding hydrogens is 341 g/mol. The van der Waals surface area contributed by atoms with E-state index < -0.39 is 0 Å². The second-order valence-electron chi connectivity index (χ2n) is 6.69. The molecule has 1 aliphatic heterocycles. The van der Waals surface area contributed by atoms with Gasteiger partial charge in [-0.15, -0.1) is 0 Å². The van der Waals surface area contributed by atoms with Gasteiger partial charge in [0.25, 0.3) is 0 Å². The summed E-state index contributed by atoms with van der Waals surface area (Å²) >= 11 is 0. The molecule has 0 saturated carbocycles. The third-order valence-electron chi connectivity index (χ3n) is 4.65. The van der Waals surface area contributed by atoms with Crippen molar-refractivity contribution in [3.8, 4) is 0 Å². The molecule has 1 aliphatic rings. The molecule has 138 valence electrons. The van der Waals surface area contributed by atoms with Crippen LogP contribution in [0.4, 0.5) is 15.9 Å². The first-order chi connectivity index (χ1) is 13.3. The van der Waals surface area contributed by atoms with Crippen LogP contribution >= 0.6 is 0 Å². The Morgan fingerprint density at radius 2 is 1.96 bits per heavy atom. The van der Waals surface area contributed by atoms with Gasteiger partial charge in [0.15, 0.2) is 0 Å². The van der Waals surface area contributed by atoms with Crippen LogP contribution < -0.4 is 5.32 Å². The van der Waals surface area contributed by atoms with E-state index in [0.717, 1.165) is 31.8 Å². The second-order valence-corrected chi connectivity index (χ2v) is 6.69. The van der Waals surface area contributed by atoms with E-state index in [9.17, 15) is 4.39 Å². The van der Waals surface area contributed by atoms with Crippen LogP contribution in [-0.2, 0) is 11.3 Å². The van der Waals surface area contributed by atoms with Gasteiger partial charge in [0.2, 0.25) is 0 Å². The van der Waals surface area contributed by atoms with Gasteiger partial charge in [-0.1, -0.05) is 42.5 Å². The zero-order chi connectivity index (χ0) is 18.5.